The lowest BCUT2D eigenvalue weighted by Crippen LogP contribution is -2.23. The van der Waals surface area contributed by atoms with E-state index < -0.39 is 0 Å². The molecule has 0 aromatic heterocycles. The number of hydrogen-bond acceptors (Lipinski definition) is 3. The molecule has 0 aliphatic heterocycles. The molecule has 0 fully saturated rings. The number of rotatable bonds is 5. The molecule has 3 aromatic rings. The van der Waals surface area contributed by atoms with Gasteiger partial charge in [-0.3, -0.25) is 4.79 Å². The van der Waals surface area contributed by atoms with Crippen LogP contribution in [0.5, 0.6) is 17.2 Å². The Morgan fingerprint density at radius 2 is 1.60 bits per heavy atom. The van der Waals surface area contributed by atoms with E-state index in [9.17, 15) is 4.79 Å². The molecular formula is C21H21NO3. The molecular weight excluding hydrogens is 314 g/mol. The van der Waals surface area contributed by atoms with Crippen LogP contribution in [-0.4, -0.2) is 13.0 Å². The van der Waals surface area contributed by atoms with E-state index in [4.69, 9.17) is 9.47 Å². The Bertz CT molecular complexity index is 905. The summed E-state index contributed by atoms with van der Waals surface area (Å²) in [6, 6.07) is 19.6. The van der Waals surface area contributed by atoms with Gasteiger partial charge in [-0.25, -0.2) is 0 Å². The van der Waals surface area contributed by atoms with Crippen LogP contribution in [0.2, 0.25) is 0 Å². The third-order valence-corrected chi connectivity index (χ3v) is 4.03. The monoisotopic (exact) mass is 335 g/mol. The Kier molecular flexibility index (Phi) is 4.89. The van der Waals surface area contributed by atoms with Crippen molar-refractivity contribution in [3.8, 4) is 17.2 Å². The SMILES string of the molecule is COc1cccc(Oc2ccc3cc(C(C)NC(C)=O)ccc3c2)c1. The molecule has 1 amide bonds. The first-order chi connectivity index (χ1) is 12.0. The molecule has 4 nitrogen and oxygen atoms in total. The van der Waals surface area contributed by atoms with E-state index in [1.807, 2.05) is 61.5 Å². The fraction of sp³-hybridized carbons (Fsp3) is 0.190. The highest BCUT2D eigenvalue weighted by Crippen LogP contribution is 2.29. The summed E-state index contributed by atoms with van der Waals surface area (Å²) in [7, 11) is 1.63. The molecule has 1 unspecified atom stereocenters. The summed E-state index contributed by atoms with van der Waals surface area (Å²) < 4.78 is 11.1. The smallest absolute Gasteiger partial charge is 0.217 e. The lowest BCUT2D eigenvalue weighted by molar-refractivity contribution is -0.119. The van der Waals surface area contributed by atoms with Crippen LogP contribution in [0, 0.1) is 0 Å². The highest BCUT2D eigenvalue weighted by Gasteiger charge is 2.08. The molecule has 128 valence electrons. The van der Waals surface area contributed by atoms with Gasteiger partial charge in [0.2, 0.25) is 5.91 Å². The van der Waals surface area contributed by atoms with Crippen molar-refractivity contribution in [3.05, 3.63) is 66.2 Å². The fourth-order valence-electron chi connectivity index (χ4n) is 2.76. The second-order valence-corrected chi connectivity index (χ2v) is 5.97. The van der Waals surface area contributed by atoms with Crippen molar-refractivity contribution < 1.29 is 14.3 Å². The van der Waals surface area contributed by atoms with Crippen molar-refractivity contribution in [2.24, 2.45) is 0 Å². The van der Waals surface area contributed by atoms with Crippen LogP contribution in [0.4, 0.5) is 0 Å². The number of carbonyl (C=O) groups excluding carboxylic acids is 1. The first-order valence-electron chi connectivity index (χ1n) is 8.18. The first kappa shape index (κ1) is 16.8. The zero-order valence-electron chi connectivity index (χ0n) is 14.6. The lowest BCUT2D eigenvalue weighted by atomic mass is 10.0. The van der Waals surface area contributed by atoms with Gasteiger partial charge in [0.05, 0.1) is 13.2 Å². The molecule has 1 N–H and O–H groups in total. The Morgan fingerprint density at radius 3 is 2.36 bits per heavy atom. The van der Waals surface area contributed by atoms with Crippen LogP contribution in [0.25, 0.3) is 10.8 Å². The second-order valence-electron chi connectivity index (χ2n) is 5.97. The van der Waals surface area contributed by atoms with Crippen molar-refractivity contribution in [2.75, 3.05) is 7.11 Å². The molecule has 3 rings (SSSR count). The van der Waals surface area contributed by atoms with Gasteiger partial charge in [0.25, 0.3) is 0 Å². The van der Waals surface area contributed by atoms with E-state index in [0.29, 0.717) is 0 Å². The quantitative estimate of drug-likeness (QED) is 0.726. The third kappa shape index (κ3) is 4.10. The predicted molar refractivity (Wildman–Crippen MR) is 99.2 cm³/mol. The summed E-state index contributed by atoms with van der Waals surface area (Å²) >= 11 is 0. The van der Waals surface area contributed by atoms with Gasteiger partial charge in [-0.2, -0.15) is 0 Å². The largest absolute Gasteiger partial charge is 0.497 e. The van der Waals surface area contributed by atoms with Crippen molar-refractivity contribution in [1.82, 2.24) is 5.32 Å². The standard InChI is InChI=1S/C21H21NO3/c1-14(22-15(2)23)16-7-8-18-12-21(10-9-17(18)11-16)25-20-6-4-5-19(13-20)24-3/h4-14H,1-3H3,(H,22,23). The van der Waals surface area contributed by atoms with Crippen LogP contribution in [0.3, 0.4) is 0 Å². The molecule has 0 bridgehead atoms. The normalized spacial score (nSPS) is 11.8. The molecule has 3 aromatic carbocycles. The van der Waals surface area contributed by atoms with Gasteiger partial charge in [0.15, 0.2) is 0 Å². The molecule has 0 aliphatic rings. The van der Waals surface area contributed by atoms with Crippen molar-refractivity contribution in [3.63, 3.8) is 0 Å². The summed E-state index contributed by atoms with van der Waals surface area (Å²) in [5.74, 6) is 2.22. The molecule has 0 radical (unpaired) electrons. The number of carbonyl (C=O) groups is 1. The van der Waals surface area contributed by atoms with Crippen LogP contribution in [0.1, 0.15) is 25.5 Å². The molecule has 1 atom stereocenters. The molecule has 0 spiro atoms. The van der Waals surface area contributed by atoms with Gasteiger partial charge in [0, 0.05) is 13.0 Å². The molecule has 0 saturated heterocycles. The molecule has 0 aliphatic carbocycles. The van der Waals surface area contributed by atoms with Gasteiger partial charge in [-0.15, -0.1) is 0 Å². The van der Waals surface area contributed by atoms with Crippen molar-refractivity contribution >= 4 is 16.7 Å². The number of hydrogen-bond donors (Lipinski definition) is 1. The van der Waals surface area contributed by atoms with Crippen molar-refractivity contribution in [1.29, 1.82) is 0 Å². The Morgan fingerprint density at radius 1 is 0.920 bits per heavy atom. The highest BCUT2D eigenvalue weighted by atomic mass is 16.5. The minimum absolute atomic E-state index is 0.0189. The topological polar surface area (TPSA) is 47.6 Å². The van der Waals surface area contributed by atoms with Gasteiger partial charge in [0.1, 0.15) is 17.2 Å². The van der Waals surface area contributed by atoms with Gasteiger partial charge in [-0.05, 0) is 53.6 Å². The minimum Gasteiger partial charge on any atom is -0.497 e. The summed E-state index contributed by atoms with van der Waals surface area (Å²) in [6.07, 6.45) is 0. The average Bonchev–Trinajstić information content (AvgIpc) is 2.61. The fourth-order valence-corrected chi connectivity index (χ4v) is 2.76. The summed E-state index contributed by atoms with van der Waals surface area (Å²) in [4.78, 5) is 11.2. The van der Waals surface area contributed by atoms with E-state index in [-0.39, 0.29) is 11.9 Å². The summed E-state index contributed by atoms with van der Waals surface area (Å²) in [5.41, 5.74) is 1.07. The average molecular weight is 335 g/mol. The molecule has 4 heteroatoms. The first-order valence-corrected chi connectivity index (χ1v) is 8.18. The summed E-state index contributed by atoms with van der Waals surface area (Å²) in [5, 5.41) is 5.09. The zero-order valence-corrected chi connectivity index (χ0v) is 14.6. The van der Waals surface area contributed by atoms with Crippen LogP contribution in [-0.2, 0) is 4.79 Å². The third-order valence-electron chi connectivity index (χ3n) is 4.03. The van der Waals surface area contributed by atoms with Crippen molar-refractivity contribution in [2.45, 2.75) is 19.9 Å². The number of ether oxygens (including phenoxy) is 2. The van der Waals surface area contributed by atoms with Crippen LogP contribution < -0.4 is 14.8 Å². The highest BCUT2D eigenvalue weighted by molar-refractivity contribution is 5.85. The molecule has 25 heavy (non-hydrogen) atoms. The maximum Gasteiger partial charge on any atom is 0.217 e. The second kappa shape index (κ2) is 7.26. The number of amides is 1. The van der Waals surface area contributed by atoms with Crippen LogP contribution in [0.15, 0.2) is 60.7 Å². The van der Waals surface area contributed by atoms with E-state index in [1.165, 1.54) is 6.92 Å². The van der Waals surface area contributed by atoms with E-state index in [0.717, 1.165) is 33.6 Å². The Hall–Kier alpha value is -3.01. The van der Waals surface area contributed by atoms with Crippen LogP contribution >= 0.6 is 0 Å². The van der Waals surface area contributed by atoms with E-state index in [2.05, 4.69) is 11.4 Å². The lowest BCUT2D eigenvalue weighted by Gasteiger charge is -2.14. The maximum absolute atomic E-state index is 11.2. The van der Waals surface area contributed by atoms with E-state index in [1.54, 1.807) is 7.11 Å². The maximum atomic E-state index is 11.2. The molecule has 0 saturated carbocycles. The minimum atomic E-state index is -0.0327. The number of fused-ring (bicyclic) bond motifs is 1. The Labute approximate surface area is 147 Å². The zero-order chi connectivity index (χ0) is 17.8. The van der Waals surface area contributed by atoms with Gasteiger partial charge in [-0.1, -0.05) is 24.3 Å². The number of benzene rings is 3. The number of nitrogens with one attached hydrogen (secondary N) is 1. The summed E-state index contributed by atoms with van der Waals surface area (Å²) in [6.45, 7) is 3.50. The van der Waals surface area contributed by atoms with E-state index >= 15 is 0 Å². The predicted octanol–water partition coefficient (Wildman–Crippen LogP) is 4.84. The van der Waals surface area contributed by atoms with Gasteiger partial charge >= 0.3 is 0 Å². The molecule has 0 heterocycles. The Balaban J connectivity index is 1.84. The van der Waals surface area contributed by atoms with Gasteiger partial charge < -0.3 is 14.8 Å². The number of methoxy groups -OCH3 is 1.